The van der Waals surface area contributed by atoms with Crippen LogP contribution in [0.25, 0.3) is 0 Å². The Morgan fingerprint density at radius 2 is 1.70 bits per heavy atom. The van der Waals surface area contributed by atoms with E-state index in [2.05, 4.69) is 5.32 Å². The van der Waals surface area contributed by atoms with Crippen LogP contribution in [0.2, 0.25) is 0 Å². The lowest BCUT2D eigenvalue weighted by atomic mass is 9.92. The molecule has 0 unspecified atom stereocenters. The van der Waals surface area contributed by atoms with Crippen LogP contribution in [-0.2, 0) is 22.2 Å². The van der Waals surface area contributed by atoms with E-state index in [0.29, 0.717) is 18.4 Å². The highest BCUT2D eigenvalue weighted by Crippen LogP contribution is 2.33. The molecule has 1 aliphatic rings. The molecule has 7 heteroatoms. The molecule has 4 nitrogen and oxygen atoms in total. The summed E-state index contributed by atoms with van der Waals surface area (Å²) in [7, 11) is 0. The van der Waals surface area contributed by atoms with Gasteiger partial charge in [0.1, 0.15) is 0 Å². The van der Waals surface area contributed by atoms with Crippen LogP contribution in [0.1, 0.15) is 43.2 Å². The monoisotopic (exact) mass is 329 g/mol. The molecule has 0 atom stereocenters. The van der Waals surface area contributed by atoms with Crippen molar-refractivity contribution in [1.29, 1.82) is 0 Å². The van der Waals surface area contributed by atoms with Crippen molar-refractivity contribution < 1.29 is 27.9 Å². The molecule has 2 N–H and O–H groups in total. The van der Waals surface area contributed by atoms with Crippen LogP contribution < -0.4 is 5.32 Å². The van der Waals surface area contributed by atoms with Gasteiger partial charge in [0.05, 0.1) is 23.9 Å². The zero-order chi connectivity index (χ0) is 17.1. The third-order valence-electron chi connectivity index (χ3n) is 4.10. The van der Waals surface area contributed by atoms with E-state index in [-0.39, 0.29) is 18.7 Å². The van der Waals surface area contributed by atoms with Gasteiger partial charge in [-0.25, -0.2) is 0 Å². The van der Waals surface area contributed by atoms with Gasteiger partial charge in [-0.15, -0.1) is 0 Å². The quantitative estimate of drug-likeness (QED) is 0.872. The molecule has 0 radical (unpaired) electrons. The number of hydrogen-bond donors (Lipinski definition) is 2. The summed E-state index contributed by atoms with van der Waals surface area (Å²) in [5.74, 6) is -1.34. The molecular formula is C16H18F3NO3. The maximum atomic E-state index is 12.5. The summed E-state index contributed by atoms with van der Waals surface area (Å²) in [5, 5.41) is 11.8. The minimum Gasteiger partial charge on any atom is -0.481 e. The number of rotatable bonds is 5. The molecule has 0 aliphatic heterocycles. The fraction of sp³-hybridized carbons (Fsp3) is 0.500. The first-order chi connectivity index (χ1) is 10.7. The van der Waals surface area contributed by atoms with Gasteiger partial charge in [0.15, 0.2) is 0 Å². The molecule has 126 valence electrons. The van der Waals surface area contributed by atoms with Gasteiger partial charge in [-0.1, -0.05) is 25.0 Å². The van der Waals surface area contributed by atoms with E-state index < -0.39 is 23.2 Å². The van der Waals surface area contributed by atoms with Crippen LogP contribution in [0.4, 0.5) is 13.2 Å². The maximum absolute atomic E-state index is 12.5. The lowest BCUT2D eigenvalue weighted by Gasteiger charge is -2.28. The third kappa shape index (κ3) is 4.71. The number of carbonyl (C=O) groups is 2. The fourth-order valence-electron chi connectivity index (χ4n) is 3.02. The Labute approximate surface area is 131 Å². The van der Waals surface area contributed by atoms with E-state index in [1.807, 2.05) is 0 Å². The van der Waals surface area contributed by atoms with Crippen molar-refractivity contribution in [1.82, 2.24) is 5.32 Å². The molecular weight excluding hydrogens is 311 g/mol. The van der Waals surface area contributed by atoms with Crippen molar-refractivity contribution >= 4 is 11.9 Å². The average molecular weight is 329 g/mol. The van der Waals surface area contributed by atoms with Crippen molar-refractivity contribution in [3.05, 3.63) is 35.4 Å². The zero-order valence-corrected chi connectivity index (χ0v) is 12.4. The summed E-state index contributed by atoms with van der Waals surface area (Å²) in [6, 6.07) is 4.40. The van der Waals surface area contributed by atoms with Crippen molar-refractivity contribution in [2.24, 2.45) is 0 Å². The number of alkyl halides is 3. The Kier molecular flexibility index (Phi) is 4.97. The predicted octanol–water partition coefficient (Wildman–Crippen LogP) is 3.15. The van der Waals surface area contributed by atoms with Gasteiger partial charge < -0.3 is 10.4 Å². The molecule has 0 heterocycles. The standard InChI is InChI=1S/C16H18F3NO3/c17-16(18,19)12-5-3-11(4-6-12)9-13(21)20-15(10-14(22)23)7-1-2-8-15/h3-6H,1-2,7-10H2,(H,20,21)(H,22,23). The van der Waals surface area contributed by atoms with Crippen molar-refractivity contribution in [3.8, 4) is 0 Å². The minimum absolute atomic E-state index is 0.0699. The summed E-state index contributed by atoms with van der Waals surface area (Å²) >= 11 is 0. The fourth-order valence-corrected chi connectivity index (χ4v) is 3.02. The average Bonchev–Trinajstić information content (AvgIpc) is 2.85. The van der Waals surface area contributed by atoms with Gasteiger partial charge in [0, 0.05) is 0 Å². The number of aliphatic carboxylic acids is 1. The normalized spacial score (nSPS) is 17.0. The van der Waals surface area contributed by atoms with Crippen molar-refractivity contribution in [2.45, 2.75) is 50.2 Å². The van der Waals surface area contributed by atoms with Crippen LogP contribution in [0, 0.1) is 0 Å². The molecule has 0 bridgehead atoms. The third-order valence-corrected chi connectivity index (χ3v) is 4.10. The highest BCUT2D eigenvalue weighted by Gasteiger charge is 2.37. The van der Waals surface area contributed by atoms with E-state index in [1.165, 1.54) is 12.1 Å². The van der Waals surface area contributed by atoms with E-state index in [9.17, 15) is 22.8 Å². The molecule has 1 aromatic rings. The Morgan fingerprint density at radius 1 is 1.13 bits per heavy atom. The summed E-state index contributed by atoms with van der Waals surface area (Å²) in [6.45, 7) is 0. The summed E-state index contributed by atoms with van der Waals surface area (Å²) < 4.78 is 37.5. The van der Waals surface area contributed by atoms with Gasteiger partial charge in [-0.2, -0.15) is 13.2 Å². The van der Waals surface area contributed by atoms with Crippen molar-refractivity contribution in [3.63, 3.8) is 0 Å². The lowest BCUT2D eigenvalue weighted by molar-refractivity contribution is -0.139. The van der Waals surface area contributed by atoms with Gasteiger partial charge in [-0.05, 0) is 30.5 Å². The van der Waals surface area contributed by atoms with E-state index in [4.69, 9.17) is 5.11 Å². The molecule has 1 amide bonds. The van der Waals surface area contributed by atoms with E-state index in [0.717, 1.165) is 25.0 Å². The van der Waals surface area contributed by atoms with E-state index >= 15 is 0 Å². The van der Waals surface area contributed by atoms with Crippen LogP contribution >= 0.6 is 0 Å². The van der Waals surface area contributed by atoms with E-state index in [1.54, 1.807) is 0 Å². The first kappa shape index (κ1) is 17.3. The second-order valence-electron chi connectivity index (χ2n) is 5.98. The minimum atomic E-state index is -4.41. The van der Waals surface area contributed by atoms with Gasteiger partial charge in [0.2, 0.25) is 5.91 Å². The molecule has 2 rings (SSSR count). The summed E-state index contributed by atoms with van der Waals surface area (Å²) in [4.78, 5) is 23.1. The predicted molar refractivity (Wildman–Crippen MR) is 76.7 cm³/mol. The van der Waals surface area contributed by atoms with Crippen molar-refractivity contribution in [2.75, 3.05) is 0 Å². The highest BCUT2D eigenvalue weighted by molar-refractivity contribution is 5.80. The highest BCUT2D eigenvalue weighted by atomic mass is 19.4. The lowest BCUT2D eigenvalue weighted by Crippen LogP contribution is -2.48. The number of hydrogen-bond acceptors (Lipinski definition) is 2. The number of carboxylic acid groups (broad SMARTS) is 1. The Hall–Kier alpha value is -2.05. The first-order valence-corrected chi connectivity index (χ1v) is 7.39. The molecule has 1 fully saturated rings. The number of amides is 1. The van der Waals surface area contributed by atoms with Crippen LogP contribution in [0.5, 0.6) is 0 Å². The van der Waals surface area contributed by atoms with Crippen LogP contribution in [-0.4, -0.2) is 22.5 Å². The topological polar surface area (TPSA) is 66.4 Å². The Bertz CT molecular complexity index is 575. The number of halogens is 3. The smallest absolute Gasteiger partial charge is 0.416 e. The second kappa shape index (κ2) is 6.60. The van der Waals surface area contributed by atoms with Crippen LogP contribution in [0.15, 0.2) is 24.3 Å². The summed E-state index contributed by atoms with van der Waals surface area (Å²) in [6.07, 6.45) is -1.68. The van der Waals surface area contributed by atoms with Gasteiger partial charge in [-0.3, -0.25) is 9.59 Å². The number of nitrogens with one attached hydrogen (secondary N) is 1. The molecule has 1 aromatic carbocycles. The zero-order valence-electron chi connectivity index (χ0n) is 12.4. The molecule has 1 saturated carbocycles. The number of benzene rings is 1. The largest absolute Gasteiger partial charge is 0.481 e. The molecule has 0 aromatic heterocycles. The van der Waals surface area contributed by atoms with Gasteiger partial charge >= 0.3 is 12.1 Å². The van der Waals surface area contributed by atoms with Crippen LogP contribution in [0.3, 0.4) is 0 Å². The molecule has 0 saturated heterocycles. The summed E-state index contributed by atoms with van der Waals surface area (Å²) in [5.41, 5.74) is -1.03. The van der Waals surface area contributed by atoms with Gasteiger partial charge in [0.25, 0.3) is 0 Å². The Morgan fingerprint density at radius 3 is 2.17 bits per heavy atom. The number of carboxylic acids is 1. The number of carbonyl (C=O) groups excluding carboxylic acids is 1. The molecule has 0 spiro atoms. The molecule has 1 aliphatic carbocycles. The first-order valence-electron chi connectivity index (χ1n) is 7.39. The Balaban J connectivity index is 1.99. The maximum Gasteiger partial charge on any atom is 0.416 e. The SMILES string of the molecule is O=C(O)CC1(NC(=O)Cc2ccc(C(F)(F)F)cc2)CCCC1. The molecule has 23 heavy (non-hydrogen) atoms. The second-order valence-corrected chi connectivity index (χ2v) is 5.98.